The number of nitrogens with zero attached hydrogens (tertiary/aromatic N) is 2. The molecule has 0 heterocycles. The number of unbranched alkanes of at least 4 members (excludes halogenated alkanes) is 4. The van der Waals surface area contributed by atoms with Crippen LogP contribution in [0.15, 0.2) is 0 Å². The molecule has 21 heavy (non-hydrogen) atoms. The third-order valence-corrected chi connectivity index (χ3v) is 7.26. The molecule has 0 bridgehead atoms. The van der Waals surface area contributed by atoms with E-state index in [1.165, 1.54) is 0 Å². The number of rotatable bonds is 14. The molecule has 0 aliphatic rings. The second-order valence-electron chi connectivity index (χ2n) is 5.79. The molecule has 0 fully saturated rings. The molecule has 0 amide bonds. The van der Waals surface area contributed by atoms with Gasteiger partial charge in [-0.1, -0.05) is 53.4 Å². The van der Waals surface area contributed by atoms with Gasteiger partial charge in [0.15, 0.2) is 0 Å². The molecule has 0 aromatic carbocycles. The van der Waals surface area contributed by atoms with Gasteiger partial charge in [0.25, 0.3) is 0 Å². The van der Waals surface area contributed by atoms with Crippen molar-refractivity contribution >= 4 is 18.0 Å². The molecule has 0 N–H and O–H groups in total. The molecule has 5 heteroatoms. The molecule has 3 nitrogen and oxygen atoms in total. The topological polar surface area (TPSA) is 23.6 Å². The fourth-order valence-electron chi connectivity index (χ4n) is 2.26. The van der Waals surface area contributed by atoms with E-state index in [-0.39, 0.29) is 0 Å². The molecule has 128 valence electrons. The van der Waals surface area contributed by atoms with Crippen molar-refractivity contribution in [3.8, 4) is 0 Å². The van der Waals surface area contributed by atoms with E-state index in [1.54, 1.807) is 0 Å². The van der Waals surface area contributed by atoms with Crippen LogP contribution in [0.3, 0.4) is 0 Å². The summed E-state index contributed by atoms with van der Waals surface area (Å²) < 4.78 is 17.4. The highest BCUT2D eigenvalue weighted by Gasteiger charge is 2.33. The van der Waals surface area contributed by atoms with Crippen molar-refractivity contribution < 1.29 is 4.57 Å². The highest BCUT2D eigenvalue weighted by atomic mass is 35.7. The zero-order valence-corrected chi connectivity index (χ0v) is 16.3. The summed E-state index contributed by atoms with van der Waals surface area (Å²) in [5, 5.41) is 0. The van der Waals surface area contributed by atoms with Crippen molar-refractivity contribution in [1.29, 1.82) is 0 Å². The monoisotopic (exact) mass is 338 g/mol. The minimum atomic E-state index is -2.89. The summed E-state index contributed by atoms with van der Waals surface area (Å²) in [4.78, 5) is 0. The van der Waals surface area contributed by atoms with E-state index in [4.69, 9.17) is 11.2 Å². The van der Waals surface area contributed by atoms with Gasteiger partial charge in [0.05, 0.1) is 0 Å². The minimum absolute atomic E-state index is 0.853. The van der Waals surface area contributed by atoms with E-state index in [2.05, 4.69) is 37.0 Å². The van der Waals surface area contributed by atoms with Gasteiger partial charge in [-0.3, -0.25) is 4.57 Å². The lowest BCUT2D eigenvalue weighted by Gasteiger charge is -2.35. The molecule has 0 saturated heterocycles. The molecule has 0 aliphatic carbocycles. The highest BCUT2D eigenvalue weighted by molar-refractivity contribution is 7.85. The third-order valence-electron chi connectivity index (χ3n) is 3.78. The van der Waals surface area contributed by atoms with Crippen molar-refractivity contribution in [1.82, 2.24) is 9.34 Å². The predicted molar refractivity (Wildman–Crippen MR) is 96.2 cm³/mol. The average molecular weight is 339 g/mol. The van der Waals surface area contributed by atoms with Gasteiger partial charge in [0.2, 0.25) is 0 Å². The number of hydrogen-bond donors (Lipinski definition) is 0. The van der Waals surface area contributed by atoms with E-state index in [1.807, 2.05) is 0 Å². The van der Waals surface area contributed by atoms with Crippen LogP contribution in [-0.4, -0.2) is 35.5 Å². The van der Waals surface area contributed by atoms with E-state index >= 15 is 0 Å². The average Bonchev–Trinajstić information content (AvgIpc) is 2.47. The maximum atomic E-state index is 13.3. The SMILES string of the molecule is CCCCN(CCCC)P(=O)(Cl)N(CCCC)CCCC. The molecule has 0 aromatic heterocycles. The summed E-state index contributed by atoms with van der Waals surface area (Å²) in [6.07, 6.45) is 8.72. The largest absolute Gasteiger partial charge is 0.304 e. The first-order valence-corrected chi connectivity index (χ1v) is 11.4. The van der Waals surface area contributed by atoms with Crippen LogP contribution in [-0.2, 0) is 4.57 Å². The third kappa shape index (κ3) is 8.59. The molecule has 0 saturated carbocycles. The molecule has 0 atom stereocenters. The molecule has 0 aliphatic heterocycles. The van der Waals surface area contributed by atoms with Crippen LogP contribution < -0.4 is 0 Å². The van der Waals surface area contributed by atoms with Crippen LogP contribution in [0.5, 0.6) is 0 Å². The van der Waals surface area contributed by atoms with Crippen LogP contribution in [0.2, 0.25) is 0 Å². The van der Waals surface area contributed by atoms with Crippen molar-refractivity contribution in [2.45, 2.75) is 79.1 Å². The van der Waals surface area contributed by atoms with Gasteiger partial charge in [0.1, 0.15) is 0 Å². The van der Waals surface area contributed by atoms with Gasteiger partial charge in [-0.25, -0.2) is 9.34 Å². The first-order chi connectivity index (χ1) is 10.0. The Morgan fingerprint density at radius 3 is 1.10 bits per heavy atom. The van der Waals surface area contributed by atoms with Crippen molar-refractivity contribution in [2.24, 2.45) is 0 Å². The van der Waals surface area contributed by atoms with Crippen LogP contribution in [0, 0.1) is 0 Å². The molecule has 0 aromatic rings. The Balaban J connectivity index is 4.89. The second kappa shape index (κ2) is 12.9. The molecular formula is C16H36ClN2OP. The molecule has 0 spiro atoms. The molecule has 0 radical (unpaired) electrons. The molecule has 0 unspecified atom stereocenters. The van der Waals surface area contributed by atoms with E-state index in [0.29, 0.717) is 0 Å². The lowest BCUT2D eigenvalue weighted by atomic mass is 10.3. The first-order valence-electron chi connectivity index (χ1n) is 8.84. The summed E-state index contributed by atoms with van der Waals surface area (Å²) >= 11 is 6.62. The maximum Gasteiger partial charge on any atom is 0.304 e. The highest BCUT2D eigenvalue weighted by Crippen LogP contribution is 2.58. The van der Waals surface area contributed by atoms with E-state index < -0.39 is 6.80 Å². The van der Waals surface area contributed by atoms with Crippen molar-refractivity contribution in [3.63, 3.8) is 0 Å². The fraction of sp³-hybridized carbons (Fsp3) is 1.00. The Morgan fingerprint density at radius 1 is 0.667 bits per heavy atom. The molecular weight excluding hydrogens is 303 g/mol. The quantitative estimate of drug-likeness (QED) is 0.355. The Kier molecular flexibility index (Phi) is 13.2. The number of hydrogen-bond acceptors (Lipinski definition) is 1. The van der Waals surface area contributed by atoms with Crippen LogP contribution in [0.4, 0.5) is 0 Å². The van der Waals surface area contributed by atoms with E-state index in [0.717, 1.165) is 77.5 Å². The summed E-state index contributed by atoms with van der Waals surface area (Å²) in [6.45, 7) is 9.20. The zero-order chi connectivity index (χ0) is 16.1. The Bertz CT molecular complexity index is 249. The van der Waals surface area contributed by atoms with Crippen molar-refractivity contribution in [3.05, 3.63) is 0 Å². The van der Waals surface area contributed by atoms with Gasteiger partial charge in [-0.05, 0) is 36.9 Å². The predicted octanol–water partition coefficient (Wildman–Crippen LogP) is 6.14. The van der Waals surface area contributed by atoms with E-state index in [9.17, 15) is 4.57 Å². The Labute approximate surface area is 137 Å². The zero-order valence-electron chi connectivity index (χ0n) is 14.6. The van der Waals surface area contributed by atoms with Crippen LogP contribution in [0.1, 0.15) is 79.1 Å². The fourth-order valence-corrected chi connectivity index (χ4v) is 5.08. The lowest BCUT2D eigenvalue weighted by molar-refractivity contribution is 0.329. The maximum absolute atomic E-state index is 13.3. The summed E-state index contributed by atoms with van der Waals surface area (Å²) in [6, 6.07) is 0. The summed E-state index contributed by atoms with van der Waals surface area (Å²) in [7, 11) is 0. The van der Waals surface area contributed by atoms with Gasteiger partial charge in [-0.2, -0.15) is 0 Å². The smallest absolute Gasteiger partial charge is 0.271 e. The first kappa shape index (κ1) is 21.4. The van der Waals surface area contributed by atoms with Gasteiger partial charge in [0, 0.05) is 26.2 Å². The van der Waals surface area contributed by atoms with Crippen molar-refractivity contribution in [2.75, 3.05) is 26.2 Å². The summed E-state index contributed by atoms with van der Waals surface area (Å²) in [5.74, 6) is 0. The minimum Gasteiger partial charge on any atom is -0.271 e. The Hall–Kier alpha value is 0.440. The molecule has 0 rings (SSSR count). The Morgan fingerprint density at radius 2 is 0.905 bits per heavy atom. The second-order valence-corrected chi connectivity index (χ2v) is 9.19. The van der Waals surface area contributed by atoms with Gasteiger partial charge >= 0.3 is 6.80 Å². The summed E-state index contributed by atoms with van der Waals surface area (Å²) in [5.41, 5.74) is 0. The normalized spacial score (nSPS) is 12.5. The van der Waals surface area contributed by atoms with Crippen LogP contribution >= 0.6 is 18.0 Å². The van der Waals surface area contributed by atoms with Crippen LogP contribution in [0.25, 0.3) is 0 Å². The van der Waals surface area contributed by atoms with Gasteiger partial charge < -0.3 is 0 Å². The lowest BCUT2D eigenvalue weighted by Crippen LogP contribution is -2.32. The van der Waals surface area contributed by atoms with Gasteiger partial charge in [-0.15, -0.1) is 0 Å². The standard InChI is InChI=1S/C16H36ClN2OP/c1-5-9-13-18(14-10-6-2)21(17,20)19(15-11-7-3)16-12-8-4/h5-16H2,1-4H3. The number of halogens is 1.